The first kappa shape index (κ1) is 13.5. The van der Waals surface area contributed by atoms with E-state index in [0.29, 0.717) is 6.42 Å². The minimum Gasteiger partial charge on any atom is -0.349 e. The third kappa shape index (κ3) is 2.52. The van der Waals surface area contributed by atoms with Crippen molar-refractivity contribution in [3.8, 4) is 0 Å². The van der Waals surface area contributed by atoms with Crippen molar-refractivity contribution in [2.45, 2.75) is 31.7 Å². The first-order valence-electron chi connectivity index (χ1n) is 7.58. The number of rotatable bonds is 3. The van der Waals surface area contributed by atoms with Crippen LogP contribution in [0.25, 0.3) is 4.96 Å². The molecule has 2 heterocycles. The fourth-order valence-electron chi connectivity index (χ4n) is 3.17. The third-order valence-corrected chi connectivity index (χ3v) is 4.96. The van der Waals surface area contributed by atoms with E-state index in [0.717, 1.165) is 29.9 Å². The molecule has 0 bridgehead atoms. The zero-order valence-electron chi connectivity index (χ0n) is 12.2. The van der Waals surface area contributed by atoms with Crippen LogP contribution in [0.1, 0.15) is 35.7 Å². The molecule has 1 amide bonds. The predicted molar refractivity (Wildman–Crippen MR) is 87.0 cm³/mol. The van der Waals surface area contributed by atoms with Crippen molar-refractivity contribution < 1.29 is 4.79 Å². The summed E-state index contributed by atoms with van der Waals surface area (Å²) in [5.74, 6) is 0.0486. The molecule has 0 radical (unpaired) electrons. The van der Waals surface area contributed by atoms with Crippen LogP contribution in [0.2, 0.25) is 0 Å². The van der Waals surface area contributed by atoms with Crippen molar-refractivity contribution in [2.24, 2.45) is 0 Å². The van der Waals surface area contributed by atoms with Crippen molar-refractivity contribution in [1.29, 1.82) is 0 Å². The Morgan fingerprint density at radius 2 is 2.32 bits per heavy atom. The lowest BCUT2D eigenvalue weighted by Crippen LogP contribution is -2.32. The number of carbonyl (C=O) groups is 1. The second kappa shape index (κ2) is 5.57. The second-order valence-corrected chi connectivity index (χ2v) is 6.59. The molecule has 4 nitrogen and oxygen atoms in total. The molecule has 1 aromatic carbocycles. The van der Waals surface area contributed by atoms with Gasteiger partial charge in [-0.3, -0.25) is 9.20 Å². The van der Waals surface area contributed by atoms with Gasteiger partial charge in [-0.25, -0.2) is 4.98 Å². The molecule has 0 spiro atoms. The molecule has 0 aliphatic heterocycles. The van der Waals surface area contributed by atoms with Crippen LogP contribution in [0.4, 0.5) is 0 Å². The summed E-state index contributed by atoms with van der Waals surface area (Å²) in [5, 5.41) is 5.17. The highest BCUT2D eigenvalue weighted by Crippen LogP contribution is 2.29. The number of nitrogens with one attached hydrogen (secondary N) is 1. The zero-order chi connectivity index (χ0) is 14.9. The van der Waals surface area contributed by atoms with Gasteiger partial charge in [-0.2, -0.15) is 0 Å². The van der Waals surface area contributed by atoms with Gasteiger partial charge < -0.3 is 5.32 Å². The van der Waals surface area contributed by atoms with E-state index in [1.165, 1.54) is 11.1 Å². The van der Waals surface area contributed by atoms with Crippen molar-refractivity contribution in [3.05, 3.63) is 58.9 Å². The van der Waals surface area contributed by atoms with Crippen LogP contribution in [-0.4, -0.2) is 15.3 Å². The molecule has 1 N–H and O–H groups in total. The Bertz CT molecular complexity index is 792. The van der Waals surface area contributed by atoms with Crippen LogP contribution < -0.4 is 5.32 Å². The summed E-state index contributed by atoms with van der Waals surface area (Å²) in [4.78, 5) is 17.7. The average molecular weight is 311 g/mol. The van der Waals surface area contributed by atoms with E-state index in [4.69, 9.17) is 0 Å². The minimum atomic E-state index is 0.0486. The lowest BCUT2D eigenvalue weighted by atomic mass is 9.87. The number of fused-ring (bicyclic) bond motifs is 2. The number of thiazole rings is 1. The van der Waals surface area contributed by atoms with Gasteiger partial charge in [0.25, 0.3) is 0 Å². The van der Waals surface area contributed by atoms with E-state index in [1.54, 1.807) is 11.3 Å². The minimum absolute atomic E-state index is 0.0486. The van der Waals surface area contributed by atoms with Crippen molar-refractivity contribution in [3.63, 3.8) is 0 Å². The first-order valence-corrected chi connectivity index (χ1v) is 8.46. The Labute approximate surface area is 132 Å². The summed E-state index contributed by atoms with van der Waals surface area (Å²) in [6.45, 7) is 0. The topological polar surface area (TPSA) is 46.4 Å². The van der Waals surface area contributed by atoms with Gasteiger partial charge in [-0.1, -0.05) is 24.3 Å². The summed E-state index contributed by atoms with van der Waals surface area (Å²) >= 11 is 1.58. The Morgan fingerprint density at radius 3 is 3.23 bits per heavy atom. The molecule has 2 aromatic heterocycles. The van der Waals surface area contributed by atoms with Gasteiger partial charge in [0.05, 0.1) is 18.2 Å². The van der Waals surface area contributed by atoms with Gasteiger partial charge in [0.15, 0.2) is 4.96 Å². The first-order chi connectivity index (χ1) is 10.8. The van der Waals surface area contributed by atoms with Crippen molar-refractivity contribution in [2.75, 3.05) is 0 Å². The van der Waals surface area contributed by atoms with Crippen LogP contribution in [0.15, 0.2) is 42.0 Å². The summed E-state index contributed by atoms with van der Waals surface area (Å²) in [5.41, 5.74) is 3.46. The third-order valence-electron chi connectivity index (χ3n) is 4.19. The fraction of sp³-hybridized carbons (Fsp3) is 0.294. The van der Waals surface area contributed by atoms with E-state index in [-0.39, 0.29) is 11.9 Å². The zero-order valence-corrected chi connectivity index (χ0v) is 13.0. The normalized spacial score (nSPS) is 17.4. The fourth-order valence-corrected chi connectivity index (χ4v) is 3.89. The maximum atomic E-state index is 12.3. The molecule has 5 heteroatoms. The highest BCUT2D eigenvalue weighted by Gasteiger charge is 2.21. The van der Waals surface area contributed by atoms with Gasteiger partial charge in [-0.05, 0) is 30.4 Å². The molecule has 1 aliphatic carbocycles. The number of benzene rings is 1. The second-order valence-electron chi connectivity index (χ2n) is 5.71. The number of nitrogens with zero attached hydrogens (tertiary/aromatic N) is 2. The molecular weight excluding hydrogens is 294 g/mol. The molecule has 1 atom stereocenters. The van der Waals surface area contributed by atoms with Gasteiger partial charge in [-0.15, -0.1) is 11.3 Å². The predicted octanol–water partition coefficient (Wildman–Crippen LogP) is 3.13. The molecular formula is C17H17N3OS. The highest BCUT2D eigenvalue weighted by atomic mass is 32.1. The monoisotopic (exact) mass is 311 g/mol. The molecule has 0 saturated heterocycles. The summed E-state index contributed by atoms with van der Waals surface area (Å²) < 4.78 is 1.96. The maximum absolute atomic E-state index is 12.3. The van der Waals surface area contributed by atoms with E-state index in [1.807, 2.05) is 28.2 Å². The Morgan fingerprint density at radius 1 is 1.41 bits per heavy atom. The lowest BCUT2D eigenvalue weighted by molar-refractivity contribution is -0.121. The Hall–Kier alpha value is -2.14. The largest absolute Gasteiger partial charge is 0.349 e. The van der Waals surface area contributed by atoms with Crippen molar-refractivity contribution in [1.82, 2.24) is 14.7 Å². The summed E-state index contributed by atoms with van der Waals surface area (Å²) in [6.07, 6.45) is 7.49. The molecule has 22 heavy (non-hydrogen) atoms. The van der Waals surface area contributed by atoms with E-state index in [2.05, 4.69) is 28.5 Å². The van der Waals surface area contributed by atoms with Crippen LogP contribution in [0, 0.1) is 0 Å². The molecule has 112 valence electrons. The SMILES string of the molecule is O=C(Cc1cn2ccsc2n1)NC1CCCc2ccccc21. The van der Waals surface area contributed by atoms with Crippen LogP contribution in [0.5, 0.6) is 0 Å². The van der Waals surface area contributed by atoms with Gasteiger partial charge in [0, 0.05) is 17.8 Å². The maximum Gasteiger partial charge on any atom is 0.226 e. The van der Waals surface area contributed by atoms with E-state index in [9.17, 15) is 4.79 Å². The molecule has 1 unspecified atom stereocenters. The summed E-state index contributed by atoms with van der Waals surface area (Å²) in [7, 11) is 0. The quantitative estimate of drug-likeness (QED) is 0.808. The number of imidazole rings is 1. The number of hydrogen-bond acceptors (Lipinski definition) is 3. The number of hydrogen-bond donors (Lipinski definition) is 1. The average Bonchev–Trinajstić information content (AvgIpc) is 3.09. The number of aryl methyl sites for hydroxylation is 1. The smallest absolute Gasteiger partial charge is 0.226 e. The Balaban J connectivity index is 1.47. The van der Waals surface area contributed by atoms with Crippen LogP contribution in [0.3, 0.4) is 0 Å². The number of carbonyl (C=O) groups excluding carboxylic acids is 1. The number of aromatic nitrogens is 2. The van der Waals surface area contributed by atoms with Crippen LogP contribution in [-0.2, 0) is 17.6 Å². The van der Waals surface area contributed by atoms with E-state index < -0.39 is 0 Å². The molecule has 3 aromatic rings. The van der Waals surface area contributed by atoms with Crippen LogP contribution >= 0.6 is 11.3 Å². The molecule has 1 aliphatic rings. The summed E-state index contributed by atoms with van der Waals surface area (Å²) in [6, 6.07) is 8.55. The highest BCUT2D eigenvalue weighted by molar-refractivity contribution is 7.15. The molecule has 4 rings (SSSR count). The van der Waals surface area contributed by atoms with Gasteiger partial charge >= 0.3 is 0 Å². The van der Waals surface area contributed by atoms with Gasteiger partial charge in [0.2, 0.25) is 5.91 Å². The lowest BCUT2D eigenvalue weighted by Gasteiger charge is -2.26. The van der Waals surface area contributed by atoms with E-state index >= 15 is 0 Å². The number of amides is 1. The Kier molecular flexibility index (Phi) is 3.42. The molecule has 0 fully saturated rings. The standard InChI is InChI=1S/C17H17N3OS/c21-16(10-13-11-20-8-9-22-17(20)18-13)19-15-7-3-5-12-4-1-2-6-14(12)15/h1-2,4,6,8-9,11,15H,3,5,7,10H2,(H,19,21). The van der Waals surface area contributed by atoms with Crippen molar-refractivity contribution >= 4 is 22.2 Å². The van der Waals surface area contributed by atoms with Gasteiger partial charge in [0.1, 0.15) is 0 Å². The molecule has 0 saturated carbocycles.